The Morgan fingerprint density at radius 2 is 1.88 bits per heavy atom. The van der Waals surface area contributed by atoms with E-state index in [0.717, 1.165) is 12.8 Å². The summed E-state index contributed by atoms with van der Waals surface area (Å²) >= 11 is 0. The smallest absolute Gasteiger partial charge is 0.0960 e. The molecule has 2 fully saturated rings. The van der Waals surface area contributed by atoms with Crippen molar-refractivity contribution in [3.8, 4) is 0 Å². The van der Waals surface area contributed by atoms with Gasteiger partial charge in [0.1, 0.15) is 0 Å². The monoisotopic (exact) mass is 114 g/mol. The minimum atomic E-state index is -0.625. The molecule has 2 nitrogen and oxygen atoms in total. The maximum absolute atomic E-state index is 9.29. The van der Waals surface area contributed by atoms with Gasteiger partial charge in [0.15, 0.2) is 0 Å². The maximum atomic E-state index is 9.29. The summed E-state index contributed by atoms with van der Waals surface area (Å²) in [5, 5.41) is 18.1. The van der Waals surface area contributed by atoms with Crippen molar-refractivity contribution >= 4 is 0 Å². The van der Waals surface area contributed by atoms with Crippen LogP contribution in [0, 0.1) is 5.92 Å². The van der Waals surface area contributed by atoms with E-state index in [4.69, 9.17) is 5.11 Å². The van der Waals surface area contributed by atoms with E-state index >= 15 is 0 Å². The molecule has 2 heteroatoms. The molecule has 46 valence electrons. The molecule has 0 saturated heterocycles. The van der Waals surface area contributed by atoms with E-state index in [0.29, 0.717) is 12.3 Å². The zero-order chi connectivity index (χ0) is 5.78. The van der Waals surface area contributed by atoms with Crippen LogP contribution in [-0.2, 0) is 0 Å². The summed E-state index contributed by atoms with van der Waals surface area (Å²) in [6, 6.07) is 0. The van der Waals surface area contributed by atoms with Crippen LogP contribution in [0.4, 0.5) is 0 Å². The molecule has 0 aromatic carbocycles. The van der Waals surface area contributed by atoms with Gasteiger partial charge < -0.3 is 10.2 Å². The van der Waals surface area contributed by atoms with Crippen LogP contribution in [0.2, 0.25) is 0 Å². The first kappa shape index (κ1) is 4.77. The van der Waals surface area contributed by atoms with Crippen LogP contribution in [0.5, 0.6) is 0 Å². The summed E-state index contributed by atoms with van der Waals surface area (Å²) in [6.07, 6.45) is 2.47. The normalized spacial score (nSPS) is 54.0. The molecular formula is C6H10O2. The number of aliphatic hydroxyl groups is 2. The van der Waals surface area contributed by atoms with Gasteiger partial charge >= 0.3 is 0 Å². The van der Waals surface area contributed by atoms with Crippen LogP contribution in [0.25, 0.3) is 0 Å². The fourth-order valence-electron chi connectivity index (χ4n) is 1.27. The molecule has 2 rings (SSSR count). The van der Waals surface area contributed by atoms with Crippen LogP contribution in [0.15, 0.2) is 0 Å². The van der Waals surface area contributed by atoms with Gasteiger partial charge in [-0.25, -0.2) is 0 Å². The molecule has 0 aliphatic heterocycles. The second kappa shape index (κ2) is 1.09. The summed E-state index contributed by atoms with van der Waals surface area (Å²) in [7, 11) is 0. The predicted molar refractivity (Wildman–Crippen MR) is 28.3 cm³/mol. The number of hydrogen-bond donors (Lipinski definition) is 2. The van der Waals surface area contributed by atoms with E-state index in [1.165, 1.54) is 0 Å². The van der Waals surface area contributed by atoms with Gasteiger partial charge in [0, 0.05) is 6.42 Å². The number of hydrogen-bond acceptors (Lipinski definition) is 2. The lowest BCUT2D eigenvalue weighted by Crippen LogP contribution is -2.15. The molecular weight excluding hydrogens is 104 g/mol. The molecule has 0 aromatic heterocycles. The Morgan fingerprint density at radius 3 is 2.00 bits per heavy atom. The van der Waals surface area contributed by atoms with E-state index in [2.05, 4.69) is 0 Å². The van der Waals surface area contributed by atoms with Crippen LogP contribution in [0.3, 0.4) is 0 Å². The topological polar surface area (TPSA) is 40.5 Å². The summed E-state index contributed by atoms with van der Waals surface area (Å²) in [4.78, 5) is 0. The van der Waals surface area contributed by atoms with Gasteiger partial charge in [-0.15, -0.1) is 0 Å². The molecule has 2 aliphatic rings. The maximum Gasteiger partial charge on any atom is 0.0960 e. The molecule has 0 radical (unpaired) electrons. The van der Waals surface area contributed by atoms with Crippen molar-refractivity contribution in [2.75, 3.05) is 0 Å². The van der Waals surface area contributed by atoms with Gasteiger partial charge in [-0.3, -0.25) is 0 Å². The Labute approximate surface area is 48.1 Å². The summed E-state index contributed by atoms with van der Waals surface area (Å²) in [5.74, 6) is 0.442. The van der Waals surface area contributed by atoms with Gasteiger partial charge in [0.05, 0.1) is 11.7 Å². The highest BCUT2D eigenvalue weighted by atomic mass is 16.4. The minimum absolute atomic E-state index is 0.394. The van der Waals surface area contributed by atoms with Gasteiger partial charge in [-0.2, -0.15) is 0 Å². The quantitative estimate of drug-likeness (QED) is 0.499. The highest BCUT2D eigenvalue weighted by molar-refractivity contribution is 5.12. The zero-order valence-corrected chi connectivity index (χ0v) is 4.67. The average molecular weight is 114 g/mol. The predicted octanol–water partition coefficient (Wildman–Crippen LogP) is -0.108. The Hall–Kier alpha value is -0.0800. The minimum Gasteiger partial charge on any atom is -0.390 e. The molecule has 0 amide bonds. The Morgan fingerprint density at radius 1 is 1.38 bits per heavy atom. The van der Waals surface area contributed by atoms with Crippen molar-refractivity contribution in [3.05, 3.63) is 0 Å². The molecule has 8 heavy (non-hydrogen) atoms. The lowest BCUT2D eigenvalue weighted by Gasteiger charge is -2.02. The third-order valence-corrected chi connectivity index (χ3v) is 2.22. The van der Waals surface area contributed by atoms with Crippen molar-refractivity contribution in [3.63, 3.8) is 0 Å². The summed E-state index contributed by atoms with van der Waals surface area (Å²) in [6.45, 7) is 0. The average Bonchev–Trinajstić information content (AvgIpc) is 2.44. The molecule has 0 spiro atoms. The lowest BCUT2D eigenvalue weighted by atomic mass is 10.2. The molecule has 2 aliphatic carbocycles. The van der Waals surface area contributed by atoms with Crippen molar-refractivity contribution < 1.29 is 10.2 Å². The lowest BCUT2D eigenvalue weighted by molar-refractivity contribution is 0.0673. The van der Waals surface area contributed by atoms with E-state index in [1.807, 2.05) is 0 Å². The van der Waals surface area contributed by atoms with E-state index in [1.54, 1.807) is 0 Å². The standard InChI is InChI=1S/C6H10O2/c7-5-3-6(5,8)4-1-2-4/h4-5,7-8H,1-3H2. The summed E-state index contributed by atoms with van der Waals surface area (Å²) in [5.41, 5.74) is -0.625. The number of rotatable bonds is 1. The van der Waals surface area contributed by atoms with Crippen molar-refractivity contribution in [2.24, 2.45) is 5.92 Å². The van der Waals surface area contributed by atoms with E-state index in [9.17, 15) is 5.11 Å². The van der Waals surface area contributed by atoms with Crippen molar-refractivity contribution in [2.45, 2.75) is 31.0 Å². The molecule has 0 bridgehead atoms. The number of aliphatic hydroxyl groups excluding tert-OH is 1. The SMILES string of the molecule is OC1CC1(O)C1CC1. The van der Waals surface area contributed by atoms with Gasteiger partial charge in [0.2, 0.25) is 0 Å². The van der Waals surface area contributed by atoms with Crippen molar-refractivity contribution in [1.82, 2.24) is 0 Å². The molecule has 2 N–H and O–H groups in total. The van der Waals surface area contributed by atoms with Crippen LogP contribution in [0.1, 0.15) is 19.3 Å². The van der Waals surface area contributed by atoms with Gasteiger partial charge in [-0.1, -0.05) is 0 Å². The first-order chi connectivity index (χ1) is 3.73. The van der Waals surface area contributed by atoms with Gasteiger partial charge in [-0.05, 0) is 18.8 Å². The molecule has 0 heterocycles. The molecule has 2 atom stereocenters. The Kier molecular flexibility index (Phi) is 0.649. The molecule has 2 saturated carbocycles. The Balaban J connectivity index is 2.04. The molecule has 2 unspecified atom stereocenters. The fourth-order valence-corrected chi connectivity index (χ4v) is 1.27. The first-order valence-electron chi connectivity index (χ1n) is 3.14. The van der Waals surface area contributed by atoms with Crippen LogP contribution < -0.4 is 0 Å². The second-order valence-corrected chi connectivity index (χ2v) is 2.99. The fraction of sp³-hybridized carbons (Fsp3) is 1.00. The third-order valence-electron chi connectivity index (χ3n) is 2.22. The highest BCUT2D eigenvalue weighted by Crippen LogP contribution is 2.53. The van der Waals surface area contributed by atoms with Crippen LogP contribution in [-0.4, -0.2) is 21.9 Å². The molecule has 0 aromatic rings. The Bertz CT molecular complexity index is 120. The summed E-state index contributed by atoms with van der Waals surface area (Å²) < 4.78 is 0. The largest absolute Gasteiger partial charge is 0.390 e. The van der Waals surface area contributed by atoms with Gasteiger partial charge in [0.25, 0.3) is 0 Å². The van der Waals surface area contributed by atoms with Crippen molar-refractivity contribution in [1.29, 1.82) is 0 Å². The van der Waals surface area contributed by atoms with E-state index < -0.39 is 11.7 Å². The van der Waals surface area contributed by atoms with Crippen LogP contribution >= 0.6 is 0 Å². The highest BCUT2D eigenvalue weighted by Gasteiger charge is 2.60. The first-order valence-corrected chi connectivity index (χ1v) is 3.14. The second-order valence-electron chi connectivity index (χ2n) is 2.99. The van der Waals surface area contributed by atoms with E-state index in [-0.39, 0.29) is 0 Å². The zero-order valence-electron chi connectivity index (χ0n) is 4.67. The third kappa shape index (κ3) is 0.446.